The first kappa shape index (κ1) is 13.8. The van der Waals surface area contributed by atoms with Crippen molar-refractivity contribution in [3.05, 3.63) is 42.0 Å². The van der Waals surface area contributed by atoms with Crippen LogP contribution in [0.4, 0.5) is 0 Å². The number of nitrogens with zero attached hydrogens (tertiary/aromatic N) is 2. The zero-order valence-electron chi connectivity index (χ0n) is 11.1. The van der Waals surface area contributed by atoms with Gasteiger partial charge in [-0.3, -0.25) is 4.79 Å². The Kier molecular flexibility index (Phi) is 4.90. The van der Waals surface area contributed by atoms with Crippen molar-refractivity contribution in [3.8, 4) is 17.6 Å². The van der Waals surface area contributed by atoms with Gasteiger partial charge in [0.25, 0.3) is 17.5 Å². The largest absolute Gasteiger partial charge is 0.484 e. The van der Waals surface area contributed by atoms with Crippen LogP contribution in [-0.2, 0) is 6.61 Å². The maximum absolute atomic E-state index is 11.6. The predicted octanol–water partition coefficient (Wildman–Crippen LogP) is 2.63. The van der Waals surface area contributed by atoms with Crippen LogP contribution in [0, 0.1) is 11.8 Å². The molecule has 102 valence electrons. The summed E-state index contributed by atoms with van der Waals surface area (Å²) in [7, 11) is 0. The van der Waals surface area contributed by atoms with E-state index in [0.29, 0.717) is 12.2 Å². The van der Waals surface area contributed by atoms with E-state index in [0.717, 1.165) is 6.42 Å². The van der Waals surface area contributed by atoms with Crippen LogP contribution in [0.1, 0.15) is 36.3 Å². The lowest BCUT2D eigenvalue weighted by Crippen LogP contribution is -2.00. The van der Waals surface area contributed by atoms with Crippen molar-refractivity contribution in [1.29, 1.82) is 0 Å². The molecule has 0 aliphatic rings. The van der Waals surface area contributed by atoms with Gasteiger partial charge in [-0.15, -0.1) is 0 Å². The quantitative estimate of drug-likeness (QED) is 0.474. The molecule has 2 rings (SSSR count). The molecule has 0 saturated heterocycles. The molecule has 1 aromatic carbocycles. The number of aromatic nitrogens is 2. The number of rotatable bonds is 5. The highest BCUT2D eigenvalue weighted by Gasteiger charge is 2.12. The molecule has 20 heavy (non-hydrogen) atoms. The van der Waals surface area contributed by atoms with Gasteiger partial charge in [-0.05, 0) is 24.5 Å². The van der Waals surface area contributed by atoms with Crippen molar-refractivity contribution in [2.45, 2.75) is 26.4 Å². The number of para-hydroxylation sites is 1. The number of unbranched alkanes of at least 4 members (excludes halogenated alkanes) is 1. The van der Waals surface area contributed by atoms with Gasteiger partial charge in [-0.25, -0.2) is 0 Å². The molecule has 0 unspecified atom stereocenters. The first-order valence-corrected chi connectivity index (χ1v) is 6.33. The second-order valence-electron chi connectivity index (χ2n) is 3.99. The van der Waals surface area contributed by atoms with E-state index >= 15 is 0 Å². The molecule has 0 bridgehead atoms. The molecule has 0 amide bonds. The molecule has 0 atom stereocenters. The number of hydrogen-bond acceptors (Lipinski definition) is 5. The maximum atomic E-state index is 11.6. The van der Waals surface area contributed by atoms with E-state index in [1.807, 2.05) is 37.3 Å². The number of ketones is 1. The van der Waals surface area contributed by atoms with Crippen molar-refractivity contribution in [2.75, 3.05) is 0 Å². The molecule has 1 aromatic heterocycles. The Morgan fingerprint density at radius 2 is 2.15 bits per heavy atom. The standard InChI is InChI=1S/C15H14N2O3/c1-2-3-5-10-13(18)15-16-14(20-17-15)11-19-12-8-6-4-7-9-12/h4,6-9H,2-3,11H2,1H3. The highest BCUT2D eigenvalue weighted by molar-refractivity contribution is 6.06. The van der Waals surface area contributed by atoms with E-state index < -0.39 is 5.78 Å². The third-order valence-electron chi connectivity index (χ3n) is 2.35. The zero-order valence-corrected chi connectivity index (χ0v) is 11.1. The second-order valence-corrected chi connectivity index (χ2v) is 3.99. The van der Waals surface area contributed by atoms with Gasteiger partial charge < -0.3 is 9.26 Å². The third-order valence-corrected chi connectivity index (χ3v) is 2.35. The van der Waals surface area contributed by atoms with Crippen LogP contribution in [0.25, 0.3) is 0 Å². The van der Waals surface area contributed by atoms with Crippen LogP contribution in [-0.4, -0.2) is 15.9 Å². The molecule has 0 aliphatic carbocycles. The number of Topliss-reactive ketones (excluding diaryl/α,β-unsaturated/α-hetero) is 1. The van der Waals surface area contributed by atoms with Gasteiger partial charge in [0.2, 0.25) is 0 Å². The molecule has 0 spiro atoms. The second kappa shape index (κ2) is 7.10. The highest BCUT2D eigenvalue weighted by atomic mass is 16.5. The fraction of sp³-hybridized carbons (Fsp3) is 0.267. The van der Waals surface area contributed by atoms with E-state index in [1.54, 1.807) is 0 Å². The lowest BCUT2D eigenvalue weighted by Gasteiger charge is -2.00. The van der Waals surface area contributed by atoms with E-state index in [-0.39, 0.29) is 18.3 Å². The van der Waals surface area contributed by atoms with Crippen molar-refractivity contribution in [1.82, 2.24) is 10.1 Å². The first-order valence-electron chi connectivity index (χ1n) is 6.33. The van der Waals surface area contributed by atoms with Gasteiger partial charge in [0, 0.05) is 6.42 Å². The summed E-state index contributed by atoms with van der Waals surface area (Å²) in [6, 6.07) is 9.26. The Labute approximate surface area is 117 Å². The molecule has 0 radical (unpaired) electrons. The predicted molar refractivity (Wildman–Crippen MR) is 72.1 cm³/mol. The molecule has 2 aromatic rings. The smallest absolute Gasteiger partial charge is 0.276 e. The molecular formula is C15H14N2O3. The lowest BCUT2D eigenvalue weighted by molar-refractivity contribution is 0.104. The number of benzene rings is 1. The summed E-state index contributed by atoms with van der Waals surface area (Å²) in [5.74, 6) is 5.70. The van der Waals surface area contributed by atoms with Crippen molar-refractivity contribution < 1.29 is 14.1 Å². The van der Waals surface area contributed by atoms with Gasteiger partial charge in [0.1, 0.15) is 5.75 Å². The fourth-order valence-corrected chi connectivity index (χ4v) is 1.39. The Morgan fingerprint density at radius 3 is 2.90 bits per heavy atom. The maximum Gasteiger partial charge on any atom is 0.276 e. The third kappa shape index (κ3) is 3.95. The fourth-order valence-electron chi connectivity index (χ4n) is 1.39. The van der Waals surface area contributed by atoms with Crippen molar-refractivity contribution >= 4 is 5.78 Å². The van der Waals surface area contributed by atoms with Gasteiger partial charge in [-0.2, -0.15) is 4.98 Å². The monoisotopic (exact) mass is 270 g/mol. The SMILES string of the molecule is CCCC#CC(=O)c1noc(COc2ccccc2)n1. The number of carbonyl (C=O) groups excluding carboxylic acids is 1. The van der Waals surface area contributed by atoms with Gasteiger partial charge in [-0.1, -0.05) is 36.2 Å². The molecule has 0 aliphatic heterocycles. The minimum atomic E-state index is -0.437. The van der Waals surface area contributed by atoms with Crippen LogP contribution >= 0.6 is 0 Å². The number of ether oxygens (including phenoxy) is 1. The Bertz CT molecular complexity index is 623. The summed E-state index contributed by atoms with van der Waals surface area (Å²) in [4.78, 5) is 15.6. The minimum Gasteiger partial charge on any atom is -0.484 e. The number of hydrogen-bond donors (Lipinski definition) is 0. The van der Waals surface area contributed by atoms with Gasteiger partial charge >= 0.3 is 0 Å². The average Bonchev–Trinajstić information content (AvgIpc) is 2.95. The van der Waals surface area contributed by atoms with Crippen LogP contribution < -0.4 is 4.74 Å². The molecule has 0 N–H and O–H groups in total. The van der Waals surface area contributed by atoms with Crippen molar-refractivity contribution in [2.24, 2.45) is 0 Å². The number of carbonyl (C=O) groups is 1. The molecular weight excluding hydrogens is 256 g/mol. The van der Waals surface area contributed by atoms with E-state index in [4.69, 9.17) is 9.26 Å². The van der Waals surface area contributed by atoms with Crippen LogP contribution in [0.5, 0.6) is 5.75 Å². The summed E-state index contributed by atoms with van der Waals surface area (Å²) in [5, 5.41) is 3.59. The molecule has 0 saturated carbocycles. The Hall–Kier alpha value is -2.61. The lowest BCUT2D eigenvalue weighted by atomic mass is 10.3. The highest BCUT2D eigenvalue weighted by Crippen LogP contribution is 2.10. The molecule has 5 nitrogen and oxygen atoms in total. The molecule has 1 heterocycles. The zero-order chi connectivity index (χ0) is 14.2. The summed E-state index contributed by atoms with van der Waals surface area (Å²) < 4.78 is 10.4. The van der Waals surface area contributed by atoms with Crippen LogP contribution in [0.15, 0.2) is 34.9 Å². The summed E-state index contributed by atoms with van der Waals surface area (Å²) in [6.07, 6.45) is 1.58. The normalized spacial score (nSPS) is 9.65. The Balaban J connectivity index is 1.93. The van der Waals surface area contributed by atoms with E-state index in [9.17, 15) is 4.79 Å². The van der Waals surface area contributed by atoms with Gasteiger partial charge in [0.15, 0.2) is 6.61 Å². The van der Waals surface area contributed by atoms with E-state index in [2.05, 4.69) is 22.0 Å². The first-order chi connectivity index (χ1) is 9.79. The summed E-state index contributed by atoms with van der Waals surface area (Å²) in [5.41, 5.74) is 0. The average molecular weight is 270 g/mol. The topological polar surface area (TPSA) is 65.2 Å². The molecule has 5 heteroatoms. The van der Waals surface area contributed by atoms with Crippen LogP contribution in [0.2, 0.25) is 0 Å². The summed E-state index contributed by atoms with van der Waals surface area (Å²) in [6.45, 7) is 2.11. The Morgan fingerprint density at radius 1 is 1.35 bits per heavy atom. The van der Waals surface area contributed by atoms with Crippen molar-refractivity contribution in [3.63, 3.8) is 0 Å². The van der Waals surface area contributed by atoms with E-state index in [1.165, 1.54) is 0 Å². The van der Waals surface area contributed by atoms with Crippen LogP contribution in [0.3, 0.4) is 0 Å². The van der Waals surface area contributed by atoms with Gasteiger partial charge in [0.05, 0.1) is 0 Å². The summed E-state index contributed by atoms with van der Waals surface area (Å²) >= 11 is 0. The molecule has 0 fully saturated rings. The minimum absolute atomic E-state index is 0.0275.